The number of anilines is 1. The molecule has 6 atom stereocenters. The van der Waals surface area contributed by atoms with E-state index in [2.05, 4.69) is 20.3 Å². The van der Waals surface area contributed by atoms with Gasteiger partial charge in [-0.15, -0.1) is 0 Å². The summed E-state index contributed by atoms with van der Waals surface area (Å²) in [5, 5.41) is 13.3. The molecule has 1 saturated carbocycles. The van der Waals surface area contributed by atoms with Crippen molar-refractivity contribution < 1.29 is 38.4 Å². The molecule has 4 rings (SSSR count). The fourth-order valence-electron chi connectivity index (χ4n) is 4.38. The van der Waals surface area contributed by atoms with Crippen LogP contribution in [-0.4, -0.2) is 79.6 Å². The van der Waals surface area contributed by atoms with Gasteiger partial charge in [-0.2, -0.15) is 9.97 Å². The number of halogens is 1. The monoisotopic (exact) mass is 511 g/mol. The smallest absolute Gasteiger partial charge is 0.303 e. The van der Waals surface area contributed by atoms with Crippen LogP contribution in [0.2, 0.25) is 5.28 Å². The summed E-state index contributed by atoms with van der Waals surface area (Å²) < 4.78 is 23.5. The number of hydrogen-bond donors (Lipinski definition) is 2. The first kappa shape index (κ1) is 25.1. The van der Waals surface area contributed by atoms with Gasteiger partial charge in [0.25, 0.3) is 0 Å². The van der Waals surface area contributed by atoms with Gasteiger partial charge >= 0.3 is 17.9 Å². The molecule has 0 aromatic carbocycles. The Morgan fingerprint density at radius 2 is 1.86 bits per heavy atom. The molecule has 1 aliphatic heterocycles. The van der Waals surface area contributed by atoms with E-state index in [-0.39, 0.29) is 23.6 Å². The van der Waals surface area contributed by atoms with Crippen LogP contribution in [0.15, 0.2) is 6.33 Å². The number of imidazole rings is 1. The molecule has 1 saturated heterocycles. The Hall–Kier alpha value is -3.03. The van der Waals surface area contributed by atoms with Crippen LogP contribution in [0.1, 0.15) is 46.3 Å². The van der Waals surface area contributed by atoms with Crippen LogP contribution >= 0.6 is 11.6 Å². The predicted octanol–water partition coefficient (Wildman–Crippen LogP) is 1.13. The van der Waals surface area contributed by atoms with E-state index in [4.69, 9.17) is 30.5 Å². The number of fused-ring (bicyclic) bond motifs is 1. The van der Waals surface area contributed by atoms with Gasteiger partial charge in [0.2, 0.25) is 5.28 Å². The van der Waals surface area contributed by atoms with E-state index < -0.39 is 48.6 Å². The Bertz CT molecular complexity index is 1130. The van der Waals surface area contributed by atoms with Gasteiger partial charge in [-0.3, -0.25) is 19.0 Å². The molecular weight excluding hydrogens is 486 g/mol. The van der Waals surface area contributed by atoms with Crippen molar-refractivity contribution in [3.63, 3.8) is 0 Å². The number of esters is 3. The van der Waals surface area contributed by atoms with Crippen molar-refractivity contribution in [1.82, 2.24) is 19.5 Å². The minimum Gasteiger partial charge on any atom is -0.463 e. The fourth-order valence-corrected chi connectivity index (χ4v) is 4.54. The number of carbonyl (C=O) groups excluding carboxylic acids is 3. The van der Waals surface area contributed by atoms with E-state index in [1.165, 1.54) is 31.7 Å². The van der Waals surface area contributed by atoms with Crippen molar-refractivity contribution in [2.75, 3.05) is 11.9 Å². The van der Waals surface area contributed by atoms with Crippen LogP contribution in [0.5, 0.6) is 0 Å². The van der Waals surface area contributed by atoms with Crippen molar-refractivity contribution in [2.24, 2.45) is 0 Å². The van der Waals surface area contributed by atoms with Crippen LogP contribution < -0.4 is 5.32 Å². The van der Waals surface area contributed by atoms with E-state index in [0.717, 1.165) is 12.8 Å². The van der Waals surface area contributed by atoms with Crippen molar-refractivity contribution in [3.8, 4) is 0 Å². The second-order valence-electron chi connectivity index (χ2n) is 8.43. The van der Waals surface area contributed by atoms with Crippen LogP contribution in [0.3, 0.4) is 0 Å². The molecular formula is C21H26ClN5O8. The lowest BCUT2D eigenvalue weighted by Gasteiger charge is -2.23. The van der Waals surface area contributed by atoms with Crippen molar-refractivity contribution in [1.29, 1.82) is 0 Å². The van der Waals surface area contributed by atoms with Gasteiger partial charge in [0.15, 0.2) is 35.4 Å². The number of aliphatic hydroxyl groups is 1. The summed E-state index contributed by atoms with van der Waals surface area (Å²) in [7, 11) is 0. The molecule has 0 spiro atoms. The van der Waals surface area contributed by atoms with E-state index in [0.29, 0.717) is 17.8 Å². The maximum absolute atomic E-state index is 11.9. The summed E-state index contributed by atoms with van der Waals surface area (Å²) in [6.07, 6.45) is -0.954. The van der Waals surface area contributed by atoms with Gasteiger partial charge in [0.05, 0.1) is 18.5 Å². The molecule has 0 amide bonds. The molecule has 0 bridgehead atoms. The summed E-state index contributed by atoms with van der Waals surface area (Å²) in [4.78, 5) is 48.0. The fraction of sp³-hybridized carbons (Fsp3) is 0.619. The highest BCUT2D eigenvalue weighted by Gasteiger charge is 2.51. The van der Waals surface area contributed by atoms with E-state index in [1.807, 2.05) is 0 Å². The third kappa shape index (κ3) is 5.46. The zero-order chi connectivity index (χ0) is 25.3. The normalized spacial score (nSPS) is 28.1. The number of aromatic nitrogens is 4. The largest absolute Gasteiger partial charge is 0.463 e. The average Bonchev–Trinajstić information content (AvgIpc) is 3.45. The first-order chi connectivity index (χ1) is 16.6. The second kappa shape index (κ2) is 10.3. The van der Waals surface area contributed by atoms with Gasteiger partial charge in [0, 0.05) is 20.8 Å². The zero-order valence-electron chi connectivity index (χ0n) is 19.3. The predicted molar refractivity (Wildman–Crippen MR) is 119 cm³/mol. The Morgan fingerprint density at radius 3 is 2.49 bits per heavy atom. The summed E-state index contributed by atoms with van der Waals surface area (Å²) in [5.41, 5.74) is 0.614. The number of rotatable bonds is 7. The second-order valence-corrected chi connectivity index (χ2v) is 8.77. The number of ether oxygens (including phenoxy) is 4. The maximum Gasteiger partial charge on any atom is 0.303 e. The molecule has 14 heteroatoms. The van der Waals surface area contributed by atoms with Crippen LogP contribution in [0, 0.1) is 0 Å². The van der Waals surface area contributed by atoms with Gasteiger partial charge in [-0.25, -0.2) is 4.98 Å². The number of hydrogen-bond acceptors (Lipinski definition) is 12. The third-order valence-corrected chi connectivity index (χ3v) is 5.98. The van der Waals surface area contributed by atoms with Crippen LogP contribution in [0.25, 0.3) is 11.2 Å². The molecule has 2 fully saturated rings. The molecule has 190 valence electrons. The molecule has 13 nitrogen and oxygen atoms in total. The molecule has 2 N–H and O–H groups in total. The van der Waals surface area contributed by atoms with Crippen LogP contribution in [0.4, 0.5) is 5.82 Å². The van der Waals surface area contributed by atoms with E-state index in [1.54, 1.807) is 0 Å². The van der Waals surface area contributed by atoms with Gasteiger partial charge in [0.1, 0.15) is 12.7 Å². The average molecular weight is 512 g/mol. The highest BCUT2D eigenvalue weighted by Crippen LogP contribution is 2.37. The maximum atomic E-state index is 11.9. The zero-order valence-corrected chi connectivity index (χ0v) is 20.1. The highest BCUT2D eigenvalue weighted by molar-refractivity contribution is 6.28. The molecule has 2 aromatic rings. The van der Waals surface area contributed by atoms with E-state index in [9.17, 15) is 19.5 Å². The van der Waals surface area contributed by atoms with Crippen LogP contribution in [-0.2, 0) is 33.3 Å². The molecule has 2 aromatic heterocycles. The summed E-state index contributed by atoms with van der Waals surface area (Å²) in [6.45, 7) is 3.41. The lowest BCUT2D eigenvalue weighted by molar-refractivity contribution is -0.166. The first-order valence-electron chi connectivity index (χ1n) is 11.1. The van der Waals surface area contributed by atoms with Crippen molar-refractivity contribution in [2.45, 2.75) is 76.7 Å². The topological polar surface area (TPSA) is 164 Å². The minimum atomic E-state index is -1.10. The van der Waals surface area contributed by atoms with Gasteiger partial charge < -0.3 is 29.4 Å². The summed E-state index contributed by atoms with van der Waals surface area (Å²) in [6, 6.07) is -0.215. The number of carbonyl (C=O) groups is 3. The molecule has 0 radical (unpaired) electrons. The minimum absolute atomic E-state index is 0.0794. The molecule has 3 heterocycles. The Morgan fingerprint density at radius 1 is 1.14 bits per heavy atom. The van der Waals surface area contributed by atoms with Gasteiger partial charge in [-0.05, 0) is 30.9 Å². The standard InChI is InChI=1S/C21H26ClN5O8/c1-9(28)32-7-14-16(33-10(2)29)17(34-11(3)30)20(35-14)27-8-23-15-18(25-21(22)26-19(15)27)24-12-5-4-6-13(12)31/h8,12-14,16-17,20,31H,4-7H2,1-3H3,(H,24,25,26)/t12-,13-,14-,16-,17-,20-/m1/s1. The number of nitrogens with one attached hydrogen (secondary N) is 1. The number of aliphatic hydroxyl groups excluding tert-OH is 1. The molecule has 35 heavy (non-hydrogen) atoms. The van der Waals surface area contributed by atoms with Crippen molar-refractivity contribution in [3.05, 3.63) is 11.6 Å². The molecule has 2 aliphatic rings. The highest BCUT2D eigenvalue weighted by atomic mass is 35.5. The number of nitrogens with zero attached hydrogens (tertiary/aromatic N) is 4. The summed E-state index contributed by atoms with van der Waals surface area (Å²) >= 11 is 6.19. The lowest BCUT2D eigenvalue weighted by Crippen LogP contribution is -2.40. The van der Waals surface area contributed by atoms with Gasteiger partial charge in [-0.1, -0.05) is 0 Å². The third-order valence-electron chi connectivity index (χ3n) is 5.81. The quantitative estimate of drug-likeness (QED) is 0.309. The SMILES string of the molecule is CC(=O)OC[C@H]1O[C@@H](n2cnc3c(N[C@@H]4CCC[C@H]4O)nc(Cl)nc32)[C@H](OC(C)=O)[C@@H]1OC(C)=O. The Labute approximate surface area is 205 Å². The Kier molecular flexibility index (Phi) is 7.38. The first-order valence-corrected chi connectivity index (χ1v) is 11.5. The van der Waals surface area contributed by atoms with Crippen molar-refractivity contribution >= 4 is 46.5 Å². The molecule has 1 aliphatic carbocycles. The lowest BCUT2D eigenvalue weighted by atomic mass is 10.1. The van der Waals surface area contributed by atoms with E-state index >= 15 is 0 Å². The Balaban J connectivity index is 1.72. The summed E-state index contributed by atoms with van der Waals surface area (Å²) in [5.74, 6) is -1.49. The molecule has 0 unspecified atom stereocenters.